The topological polar surface area (TPSA) is 60.9 Å². The van der Waals surface area contributed by atoms with E-state index in [1.165, 1.54) is 9.87 Å². The van der Waals surface area contributed by atoms with Gasteiger partial charge in [0.15, 0.2) is 0 Å². The maximum absolute atomic E-state index is 12.6. The Balaban J connectivity index is 1.25. The highest BCUT2D eigenvalue weighted by molar-refractivity contribution is 7.93. The van der Waals surface area contributed by atoms with Gasteiger partial charge in [-0.05, 0) is 42.2 Å². The molecule has 0 aromatic heterocycles. The van der Waals surface area contributed by atoms with Crippen molar-refractivity contribution in [3.05, 3.63) is 71.8 Å². The normalized spacial score (nSPS) is 19.2. The lowest BCUT2D eigenvalue weighted by atomic mass is 10.1. The van der Waals surface area contributed by atoms with E-state index in [1.54, 1.807) is 24.3 Å². The molecule has 2 heterocycles. The van der Waals surface area contributed by atoms with E-state index < -0.39 is 10.0 Å². The first kappa shape index (κ1) is 21.6. The molecule has 2 aromatic carbocycles. The van der Waals surface area contributed by atoms with Crippen molar-refractivity contribution < 1.29 is 13.2 Å². The third-order valence-corrected chi connectivity index (χ3v) is 7.81. The third kappa shape index (κ3) is 5.54. The molecule has 2 aromatic rings. The number of amides is 1. The Kier molecular flexibility index (Phi) is 6.73. The quantitative estimate of drug-likeness (QED) is 0.650. The van der Waals surface area contributed by atoms with Crippen molar-refractivity contribution >= 4 is 27.7 Å². The minimum absolute atomic E-state index is 0.0221. The second-order valence-electron chi connectivity index (χ2n) is 8.07. The number of carbonyl (C=O) groups is 1. The van der Waals surface area contributed by atoms with Crippen LogP contribution in [0.5, 0.6) is 0 Å². The van der Waals surface area contributed by atoms with E-state index in [9.17, 15) is 13.2 Å². The van der Waals surface area contributed by atoms with Gasteiger partial charge < -0.3 is 4.90 Å². The van der Waals surface area contributed by atoms with Crippen LogP contribution in [-0.2, 0) is 21.2 Å². The standard InChI is InChI=1S/C24H29N3O3S/c28-24(26-18-16-25(17-19-26)15-13-21-5-2-1-3-6-21)12-9-22-7-10-23(11-8-22)27-14-4-20-31(27,29)30/h1-3,5-12H,4,13-20H2/b12-9+. The molecular formula is C24H29N3O3S. The Morgan fingerprint density at radius 1 is 0.903 bits per heavy atom. The lowest BCUT2D eigenvalue weighted by molar-refractivity contribution is -0.127. The first-order chi connectivity index (χ1) is 15.0. The molecule has 0 unspecified atom stereocenters. The molecule has 0 bridgehead atoms. The van der Waals surface area contributed by atoms with Gasteiger partial charge >= 0.3 is 0 Å². The van der Waals surface area contributed by atoms with Gasteiger partial charge in [0.1, 0.15) is 0 Å². The van der Waals surface area contributed by atoms with Gasteiger partial charge in [0, 0.05) is 45.3 Å². The monoisotopic (exact) mass is 439 g/mol. The van der Waals surface area contributed by atoms with Gasteiger partial charge in [0.25, 0.3) is 0 Å². The molecule has 0 aliphatic carbocycles. The van der Waals surface area contributed by atoms with Gasteiger partial charge in [0.05, 0.1) is 11.4 Å². The molecule has 7 heteroatoms. The van der Waals surface area contributed by atoms with Gasteiger partial charge in [-0.25, -0.2) is 8.42 Å². The number of rotatable bonds is 6. The molecule has 6 nitrogen and oxygen atoms in total. The smallest absolute Gasteiger partial charge is 0.246 e. The molecule has 4 rings (SSSR count). The molecular weight excluding hydrogens is 410 g/mol. The van der Waals surface area contributed by atoms with E-state index in [2.05, 4.69) is 29.2 Å². The van der Waals surface area contributed by atoms with Crippen LogP contribution in [0.2, 0.25) is 0 Å². The Morgan fingerprint density at radius 3 is 2.26 bits per heavy atom. The number of carbonyl (C=O) groups excluding carboxylic acids is 1. The second-order valence-corrected chi connectivity index (χ2v) is 10.1. The summed E-state index contributed by atoms with van der Waals surface area (Å²) in [6.07, 6.45) is 5.11. The van der Waals surface area contributed by atoms with Crippen LogP contribution < -0.4 is 4.31 Å². The molecule has 2 saturated heterocycles. The molecule has 1 amide bonds. The summed E-state index contributed by atoms with van der Waals surface area (Å²) in [6, 6.07) is 17.8. The molecule has 0 N–H and O–H groups in total. The number of hydrogen-bond donors (Lipinski definition) is 0. The third-order valence-electron chi connectivity index (χ3n) is 5.94. The zero-order chi connectivity index (χ0) is 21.7. The lowest BCUT2D eigenvalue weighted by Gasteiger charge is -2.34. The molecule has 0 saturated carbocycles. The molecule has 0 spiro atoms. The maximum atomic E-state index is 12.6. The average molecular weight is 440 g/mol. The van der Waals surface area contributed by atoms with Crippen LogP contribution in [0.1, 0.15) is 17.5 Å². The molecule has 2 fully saturated rings. The lowest BCUT2D eigenvalue weighted by Crippen LogP contribution is -2.48. The van der Waals surface area contributed by atoms with E-state index in [0.29, 0.717) is 18.7 Å². The Bertz CT molecular complexity index is 1010. The highest BCUT2D eigenvalue weighted by Gasteiger charge is 2.28. The van der Waals surface area contributed by atoms with Crippen molar-refractivity contribution in [3.63, 3.8) is 0 Å². The molecule has 2 aliphatic rings. The maximum Gasteiger partial charge on any atom is 0.246 e. The summed E-state index contributed by atoms with van der Waals surface area (Å²) in [6.45, 7) is 4.82. The number of nitrogens with zero attached hydrogens (tertiary/aromatic N) is 3. The number of anilines is 1. The first-order valence-electron chi connectivity index (χ1n) is 10.8. The molecule has 2 aliphatic heterocycles. The van der Waals surface area contributed by atoms with Crippen LogP contribution in [0.3, 0.4) is 0 Å². The highest BCUT2D eigenvalue weighted by atomic mass is 32.2. The van der Waals surface area contributed by atoms with Crippen molar-refractivity contribution in [3.8, 4) is 0 Å². The van der Waals surface area contributed by atoms with Crippen LogP contribution in [0.4, 0.5) is 5.69 Å². The number of piperazine rings is 1. The van der Waals surface area contributed by atoms with E-state index >= 15 is 0 Å². The number of sulfonamides is 1. The SMILES string of the molecule is O=C(/C=C/c1ccc(N2CCCS2(=O)=O)cc1)N1CCN(CCc2ccccc2)CC1. The summed E-state index contributed by atoms with van der Waals surface area (Å²) in [7, 11) is -3.17. The van der Waals surface area contributed by atoms with Crippen molar-refractivity contribution in [2.24, 2.45) is 0 Å². The summed E-state index contributed by atoms with van der Waals surface area (Å²) in [5.41, 5.74) is 2.92. The number of hydrogen-bond acceptors (Lipinski definition) is 4. The van der Waals surface area contributed by atoms with E-state index in [1.807, 2.05) is 23.1 Å². The summed E-state index contributed by atoms with van der Waals surface area (Å²) in [5.74, 6) is 0.233. The van der Waals surface area contributed by atoms with E-state index in [4.69, 9.17) is 0 Å². The van der Waals surface area contributed by atoms with Crippen LogP contribution >= 0.6 is 0 Å². The van der Waals surface area contributed by atoms with Gasteiger partial charge in [-0.1, -0.05) is 42.5 Å². The minimum Gasteiger partial charge on any atom is -0.337 e. The second kappa shape index (κ2) is 9.66. The van der Waals surface area contributed by atoms with Crippen molar-refractivity contribution in [2.75, 3.05) is 49.3 Å². The van der Waals surface area contributed by atoms with Crippen LogP contribution in [0.15, 0.2) is 60.7 Å². The highest BCUT2D eigenvalue weighted by Crippen LogP contribution is 2.24. The largest absolute Gasteiger partial charge is 0.337 e. The zero-order valence-electron chi connectivity index (χ0n) is 17.7. The van der Waals surface area contributed by atoms with E-state index in [-0.39, 0.29) is 11.7 Å². The summed E-state index contributed by atoms with van der Waals surface area (Å²) in [5, 5.41) is 0. The van der Waals surface area contributed by atoms with Gasteiger partial charge in [0.2, 0.25) is 15.9 Å². The fourth-order valence-corrected chi connectivity index (χ4v) is 5.64. The fraction of sp³-hybridized carbons (Fsp3) is 0.375. The van der Waals surface area contributed by atoms with Crippen LogP contribution in [0, 0.1) is 0 Å². The summed E-state index contributed by atoms with van der Waals surface area (Å²) >= 11 is 0. The average Bonchev–Trinajstić information content (AvgIpc) is 3.16. The van der Waals surface area contributed by atoms with Gasteiger partial charge in [-0.15, -0.1) is 0 Å². The first-order valence-corrected chi connectivity index (χ1v) is 12.5. The molecule has 0 radical (unpaired) electrons. The van der Waals surface area contributed by atoms with Crippen LogP contribution in [-0.4, -0.2) is 69.1 Å². The minimum atomic E-state index is -3.17. The summed E-state index contributed by atoms with van der Waals surface area (Å²) in [4.78, 5) is 16.8. The fourth-order valence-electron chi connectivity index (χ4n) is 4.08. The molecule has 164 valence electrons. The Hall–Kier alpha value is -2.64. The van der Waals surface area contributed by atoms with Crippen LogP contribution in [0.25, 0.3) is 6.08 Å². The molecule has 0 atom stereocenters. The van der Waals surface area contributed by atoms with E-state index in [0.717, 1.165) is 44.7 Å². The van der Waals surface area contributed by atoms with Crippen molar-refractivity contribution in [1.29, 1.82) is 0 Å². The van der Waals surface area contributed by atoms with Crippen molar-refractivity contribution in [1.82, 2.24) is 9.80 Å². The Morgan fingerprint density at radius 2 is 1.61 bits per heavy atom. The molecule has 31 heavy (non-hydrogen) atoms. The van der Waals surface area contributed by atoms with Gasteiger partial charge in [-0.2, -0.15) is 0 Å². The van der Waals surface area contributed by atoms with Crippen molar-refractivity contribution in [2.45, 2.75) is 12.8 Å². The van der Waals surface area contributed by atoms with Gasteiger partial charge in [-0.3, -0.25) is 14.0 Å². The summed E-state index contributed by atoms with van der Waals surface area (Å²) < 4.78 is 25.5. The Labute approximate surface area is 184 Å². The number of benzene rings is 2. The zero-order valence-corrected chi connectivity index (χ0v) is 18.5. The predicted octanol–water partition coefficient (Wildman–Crippen LogP) is 2.63. The predicted molar refractivity (Wildman–Crippen MR) is 124 cm³/mol.